The highest BCUT2D eigenvalue weighted by Gasteiger charge is 2.17. The van der Waals surface area contributed by atoms with Crippen molar-refractivity contribution in [1.82, 2.24) is 5.32 Å². The molecule has 0 bridgehead atoms. The third-order valence-electron chi connectivity index (χ3n) is 5.19. The van der Waals surface area contributed by atoms with E-state index in [1.165, 1.54) is 6.92 Å². The van der Waals surface area contributed by atoms with Crippen LogP contribution in [0.1, 0.15) is 33.2 Å². The lowest BCUT2D eigenvalue weighted by atomic mass is 10.0. The second-order valence-electron chi connectivity index (χ2n) is 7.54. The van der Waals surface area contributed by atoms with Gasteiger partial charge in [-0.25, -0.2) is 0 Å². The van der Waals surface area contributed by atoms with Crippen LogP contribution in [0.3, 0.4) is 0 Å². The van der Waals surface area contributed by atoms with E-state index in [9.17, 15) is 14.4 Å². The van der Waals surface area contributed by atoms with E-state index in [0.29, 0.717) is 16.8 Å². The van der Waals surface area contributed by atoms with Crippen molar-refractivity contribution < 1.29 is 14.4 Å². The second kappa shape index (κ2) is 9.75. The van der Waals surface area contributed by atoms with E-state index in [4.69, 9.17) is 0 Å². The number of fused-ring (bicyclic) bond motifs is 1. The summed E-state index contributed by atoms with van der Waals surface area (Å²) in [6.07, 6.45) is 1.63. The molecule has 2 N–H and O–H groups in total. The van der Waals surface area contributed by atoms with E-state index in [2.05, 4.69) is 10.6 Å². The zero-order valence-corrected chi connectivity index (χ0v) is 18.0. The molecule has 33 heavy (non-hydrogen) atoms. The van der Waals surface area contributed by atoms with Gasteiger partial charge in [0.25, 0.3) is 11.8 Å². The van der Waals surface area contributed by atoms with Crippen molar-refractivity contribution in [3.63, 3.8) is 0 Å². The largest absolute Gasteiger partial charge is 0.321 e. The number of amides is 2. The minimum absolute atomic E-state index is 0.0557. The fourth-order valence-electron chi connectivity index (χ4n) is 3.47. The molecular weight excluding hydrogens is 412 g/mol. The molecule has 0 aromatic heterocycles. The number of benzene rings is 4. The van der Waals surface area contributed by atoms with Crippen LogP contribution in [0.4, 0.5) is 5.69 Å². The number of anilines is 1. The maximum atomic E-state index is 13.2. The topological polar surface area (TPSA) is 75.3 Å². The van der Waals surface area contributed by atoms with Crippen LogP contribution in [0.25, 0.3) is 16.8 Å². The van der Waals surface area contributed by atoms with Gasteiger partial charge in [-0.1, -0.05) is 66.7 Å². The van der Waals surface area contributed by atoms with Gasteiger partial charge in [-0.2, -0.15) is 0 Å². The number of hydrogen-bond donors (Lipinski definition) is 2. The van der Waals surface area contributed by atoms with Gasteiger partial charge in [-0.3, -0.25) is 14.4 Å². The number of ketones is 1. The molecule has 162 valence electrons. The fraction of sp³-hybridized carbons (Fsp3) is 0.0357. The zero-order chi connectivity index (χ0) is 23.2. The first-order valence-corrected chi connectivity index (χ1v) is 10.5. The van der Waals surface area contributed by atoms with Gasteiger partial charge in [-0.15, -0.1) is 0 Å². The smallest absolute Gasteiger partial charge is 0.272 e. The Hall–Kier alpha value is -4.51. The van der Waals surface area contributed by atoms with E-state index >= 15 is 0 Å². The summed E-state index contributed by atoms with van der Waals surface area (Å²) in [5.74, 6) is -0.904. The molecule has 0 spiro atoms. The Balaban J connectivity index is 1.63. The minimum Gasteiger partial charge on any atom is -0.321 e. The number of nitrogens with one attached hydrogen (secondary N) is 2. The molecular formula is C28H22N2O3. The molecule has 0 fully saturated rings. The van der Waals surface area contributed by atoms with E-state index in [-0.39, 0.29) is 17.4 Å². The summed E-state index contributed by atoms with van der Waals surface area (Å²) in [5.41, 5.74) is 2.42. The highest BCUT2D eigenvalue weighted by Crippen LogP contribution is 2.19. The quantitative estimate of drug-likeness (QED) is 0.313. The Labute approximate surface area is 191 Å². The van der Waals surface area contributed by atoms with Crippen molar-refractivity contribution in [2.24, 2.45) is 0 Å². The van der Waals surface area contributed by atoms with Crippen LogP contribution in [0.5, 0.6) is 0 Å². The standard InChI is InChI=1S/C28H22N2O3/c1-19(31)21-14-16-23(17-15-21)29-28(33)26(18-20-8-3-2-4-9-20)30-27(32)25-13-7-11-22-10-5-6-12-24(22)25/h2-18H,1H3,(H,29,33)(H,30,32)/b26-18+. The number of rotatable bonds is 6. The average Bonchev–Trinajstić information content (AvgIpc) is 2.84. The van der Waals surface area contributed by atoms with E-state index < -0.39 is 5.91 Å². The summed E-state index contributed by atoms with van der Waals surface area (Å²) in [6.45, 7) is 1.48. The lowest BCUT2D eigenvalue weighted by Gasteiger charge is -2.13. The third-order valence-corrected chi connectivity index (χ3v) is 5.19. The molecule has 0 saturated carbocycles. The van der Waals surface area contributed by atoms with Gasteiger partial charge in [0.2, 0.25) is 0 Å². The highest BCUT2D eigenvalue weighted by atomic mass is 16.2. The third kappa shape index (κ3) is 5.22. The van der Waals surface area contributed by atoms with Crippen LogP contribution in [0.2, 0.25) is 0 Å². The maximum absolute atomic E-state index is 13.2. The summed E-state index contributed by atoms with van der Waals surface area (Å²) in [7, 11) is 0. The fourth-order valence-corrected chi connectivity index (χ4v) is 3.47. The highest BCUT2D eigenvalue weighted by molar-refractivity contribution is 6.13. The number of Topliss-reactive ketones (excluding diaryl/α,β-unsaturated/α-hetero) is 1. The monoisotopic (exact) mass is 434 g/mol. The summed E-state index contributed by atoms with van der Waals surface area (Å²) in [6, 6.07) is 29.0. The van der Waals surface area contributed by atoms with Crippen molar-refractivity contribution in [1.29, 1.82) is 0 Å². The molecule has 0 radical (unpaired) electrons. The van der Waals surface area contributed by atoms with Crippen molar-refractivity contribution in [3.05, 3.63) is 119 Å². The number of carbonyl (C=O) groups excluding carboxylic acids is 3. The molecule has 0 saturated heterocycles. The number of carbonyl (C=O) groups is 3. The van der Waals surface area contributed by atoms with E-state index in [1.807, 2.05) is 66.7 Å². The van der Waals surface area contributed by atoms with Gasteiger partial charge in [0, 0.05) is 16.8 Å². The second-order valence-corrected chi connectivity index (χ2v) is 7.54. The summed E-state index contributed by atoms with van der Waals surface area (Å²) in [5, 5.41) is 7.31. The van der Waals surface area contributed by atoms with Crippen LogP contribution in [0.15, 0.2) is 103 Å². The van der Waals surface area contributed by atoms with Crippen molar-refractivity contribution in [3.8, 4) is 0 Å². The van der Waals surface area contributed by atoms with Gasteiger partial charge < -0.3 is 10.6 Å². The maximum Gasteiger partial charge on any atom is 0.272 e. The van der Waals surface area contributed by atoms with Crippen LogP contribution in [0, 0.1) is 0 Å². The van der Waals surface area contributed by atoms with Gasteiger partial charge in [-0.05, 0) is 59.7 Å². The summed E-state index contributed by atoms with van der Waals surface area (Å²) < 4.78 is 0. The number of hydrogen-bond acceptors (Lipinski definition) is 3. The van der Waals surface area contributed by atoms with Gasteiger partial charge in [0.15, 0.2) is 5.78 Å². The van der Waals surface area contributed by atoms with Crippen molar-refractivity contribution in [2.45, 2.75) is 6.92 Å². The Morgan fingerprint density at radius 2 is 1.39 bits per heavy atom. The average molecular weight is 434 g/mol. The predicted molar refractivity (Wildman–Crippen MR) is 131 cm³/mol. The molecule has 4 aromatic carbocycles. The van der Waals surface area contributed by atoms with Gasteiger partial charge in [0.1, 0.15) is 5.70 Å². The predicted octanol–water partition coefficient (Wildman–Crippen LogP) is 5.45. The molecule has 0 aliphatic heterocycles. The zero-order valence-electron chi connectivity index (χ0n) is 18.0. The molecule has 0 aliphatic carbocycles. The first kappa shape index (κ1) is 21.7. The Morgan fingerprint density at radius 3 is 2.12 bits per heavy atom. The molecule has 0 aliphatic rings. The molecule has 4 aromatic rings. The first-order valence-electron chi connectivity index (χ1n) is 10.5. The van der Waals surface area contributed by atoms with E-state index in [0.717, 1.165) is 16.3 Å². The normalized spacial score (nSPS) is 11.1. The molecule has 0 atom stereocenters. The Morgan fingerprint density at radius 1 is 0.727 bits per heavy atom. The molecule has 5 heteroatoms. The lowest BCUT2D eigenvalue weighted by molar-refractivity contribution is -0.113. The summed E-state index contributed by atoms with van der Waals surface area (Å²) in [4.78, 5) is 37.8. The Bertz CT molecular complexity index is 1350. The van der Waals surface area contributed by atoms with Gasteiger partial charge in [0.05, 0.1) is 0 Å². The van der Waals surface area contributed by atoms with Crippen LogP contribution >= 0.6 is 0 Å². The lowest BCUT2D eigenvalue weighted by Crippen LogP contribution is -2.30. The molecule has 5 nitrogen and oxygen atoms in total. The van der Waals surface area contributed by atoms with Gasteiger partial charge >= 0.3 is 0 Å². The first-order chi connectivity index (χ1) is 16.0. The molecule has 0 unspecified atom stereocenters. The van der Waals surface area contributed by atoms with Crippen LogP contribution < -0.4 is 10.6 Å². The van der Waals surface area contributed by atoms with E-state index in [1.54, 1.807) is 36.4 Å². The SMILES string of the molecule is CC(=O)c1ccc(NC(=O)/C(=C\c2ccccc2)NC(=O)c2cccc3ccccc23)cc1. The summed E-state index contributed by atoms with van der Waals surface area (Å²) >= 11 is 0. The molecule has 4 rings (SSSR count). The Kier molecular flexibility index (Phi) is 6.41. The molecule has 0 heterocycles. The van der Waals surface area contributed by atoms with Crippen LogP contribution in [-0.4, -0.2) is 17.6 Å². The minimum atomic E-state index is -0.469. The van der Waals surface area contributed by atoms with Crippen LogP contribution in [-0.2, 0) is 4.79 Å². The van der Waals surface area contributed by atoms with Crippen molar-refractivity contribution in [2.75, 3.05) is 5.32 Å². The molecule has 2 amide bonds. The van der Waals surface area contributed by atoms with Crippen molar-refractivity contribution >= 4 is 40.1 Å².